The maximum atomic E-state index is 5.23. The van der Waals surface area contributed by atoms with E-state index in [4.69, 9.17) is 9.47 Å². The van der Waals surface area contributed by atoms with Crippen molar-refractivity contribution in [2.45, 2.75) is 20.1 Å². The van der Waals surface area contributed by atoms with Gasteiger partial charge in [0.15, 0.2) is 0 Å². The summed E-state index contributed by atoms with van der Waals surface area (Å²) in [5.74, 6) is 0. The first-order valence-electron chi connectivity index (χ1n) is 3.69. The lowest BCUT2D eigenvalue weighted by Crippen LogP contribution is -2.79. The van der Waals surface area contributed by atoms with Crippen molar-refractivity contribution in [1.82, 2.24) is 0 Å². The van der Waals surface area contributed by atoms with E-state index in [9.17, 15) is 0 Å². The van der Waals surface area contributed by atoms with Gasteiger partial charge >= 0.3 is 0 Å². The van der Waals surface area contributed by atoms with Crippen molar-refractivity contribution in [2.24, 2.45) is 0 Å². The minimum absolute atomic E-state index is 0.0903. The monoisotopic (exact) mass is 147 g/mol. The Labute approximate surface area is 62.7 Å². The van der Waals surface area contributed by atoms with Crippen molar-refractivity contribution in [3.05, 3.63) is 7.05 Å². The average molecular weight is 147 g/mol. The minimum atomic E-state index is -0.0903. The molecule has 10 heavy (non-hydrogen) atoms. The Morgan fingerprint density at radius 1 is 1.30 bits per heavy atom. The van der Waals surface area contributed by atoms with E-state index in [0.717, 1.165) is 6.54 Å². The smallest absolute Gasteiger partial charge is 0.205 e. The van der Waals surface area contributed by atoms with Gasteiger partial charge in [0.25, 0.3) is 0 Å². The molecule has 0 bridgehead atoms. The van der Waals surface area contributed by atoms with E-state index in [1.165, 1.54) is 0 Å². The molecule has 0 aliphatic heterocycles. The van der Waals surface area contributed by atoms with E-state index in [1.807, 2.05) is 13.8 Å². The molecule has 0 heterocycles. The van der Waals surface area contributed by atoms with E-state index in [1.54, 1.807) is 5.32 Å². The largest absolute Gasteiger partial charge is 0.475 e. The van der Waals surface area contributed by atoms with Crippen LogP contribution >= 0.6 is 0 Å². The number of rotatable bonds is 6. The van der Waals surface area contributed by atoms with Gasteiger partial charge in [-0.3, -0.25) is 0 Å². The maximum Gasteiger partial charge on any atom is 0.205 e. The van der Waals surface area contributed by atoms with E-state index >= 15 is 0 Å². The molecule has 0 amide bonds. The predicted octanol–water partition coefficient (Wildman–Crippen LogP) is -0.260. The molecule has 0 spiro atoms. The zero-order chi connectivity index (χ0) is 7.82. The highest BCUT2D eigenvalue weighted by atomic mass is 16.7. The standard InChI is InChI=1S/C7H17NO2/c1-4-9-7(6-8-3)10-5-2/h7H,3-6,8H2,1-2H3. The van der Waals surface area contributed by atoms with Gasteiger partial charge in [0.1, 0.15) is 6.54 Å². The summed E-state index contributed by atoms with van der Waals surface area (Å²) < 4.78 is 10.5. The molecule has 0 aromatic rings. The van der Waals surface area contributed by atoms with Crippen molar-refractivity contribution in [2.75, 3.05) is 19.8 Å². The summed E-state index contributed by atoms with van der Waals surface area (Å²) >= 11 is 0. The third-order valence-electron chi connectivity index (χ3n) is 1.06. The highest BCUT2D eigenvalue weighted by Crippen LogP contribution is 1.90. The fourth-order valence-electron chi connectivity index (χ4n) is 0.692. The summed E-state index contributed by atoms with van der Waals surface area (Å²) in [5, 5.41) is 1.80. The fraction of sp³-hybridized carbons (Fsp3) is 0.857. The molecule has 2 N–H and O–H groups in total. The summed E-state index contributed by atoms with van der Waals surface area (Å²) in [6.07, 6.45) is -0.0903. The molecule has 62 valence electrons. The quantitative estimate of drug-likeness (QED) is 0.415. The number of nitrogens with two attached hydrogens (primary N) is 1. The SMILES string of the molecule is [CH2-][NH2+]CC(OCC)OCC. The Kier molecular flexibility index (Phi) is 6.91. The van der Waals surface area contributed by atoms with Crippen molar-refractivity contribution in [3.8, 4) is 0 Å². The molecule has 3 heteroatoms. The van der Waals surface area contributed by atoms with Gasteiger partial charge in [-0.05, 0) is 13.8 Å². The van der Waals surface area contributed by atoms with E-state index in [0.29, 0.717) is 13.2 Å². The number of ether oxygens (including phenoxy) is 2. The maximum absolute atomic E-state index is 5.23. The van der Waals surface area contributed by atoms with Gasteiger partial charge < -0.3 is 14.8 Å². The normalized spacial score (nSPS) is 10.8. The fourth-order valence-corrected chi connectivity index (χ4v) is 0.692. The molecule has 0 aliphatic rings. The zero-order valence-corrected chi connectivity index (χ0v) is 6.80. The van der Waals surface area contributed by atoms with Crippen LogP contribution in [0.2, 0.25) is 0 Å². The van der Waals surface area contributed by atoms with Crippen LogP contribution in [0.4, 0.5) is 0 Å². The molecule has 0 fully saturated rings. The van der Waals surface area contributed by atoms with Gasteiger partial charge in [-0.25, -0.2) is 0 Å². The zero-order valence-electron chi connectivity index (χ0n) is 6.80. The van der Waals surface area contributed by atoms with Gasteiger partial charge in [-0.15, -0.1) is 0 Å². The van der Waals surface area contributed by atoms with E-state index in [-0.39, 0.29) is 6.29 Å². The third kappa shape index (κ3) is 4.73. The second-order valence-corrected chi connectivity index (χ2v) is 1.86. The van der Waals surface area contributed by atoms with Crippen molar-refractivity contribution in [3.63, 3.8) is 0 Å². The highest BCUT2D eigenvalue weighted by Gasteiger charge is 2.05. The first kappa shape index (κ1) is 9.88. The van der Waals surface area contributed by atoms with Gasteiger partial charge in [-0.1, -0.05) is 0 Å². The van der Waals surface area contributed by atoms with Gasteiger partial charge in [-0.2, -0.15) is 7.05 Å². The molecule has 0 aliphatic carbocycles. The molecule has 0 aromatic heterocycles. The van der Waals surface area contributed by atoms with Crippen LogP contribution in [0.15, 0.2) is 0 Å². The summed E-state index contributed by atoms with van der Waals surface area (Å²) in [6, 6.07) is 0. The van der Waals surface area contributed by atoms with Crippen LogP contribution in [0.1, 0.15) is 13.8 Å². The molecule has 0 rings (SSSR count). The molecule has 3 nitrogen and oxygen atoms in total. The molecule has 0 saturated carbocycles. The highest BCUT2D eigenvalue weighted by molar-refractivity contribution is 4.36. The summed E-state index contributed by atoms with van der Waals surface area (Å²) in [7, 11) is 3.60. The Morgan fingerprint density at radius 3 is 2.10 bits per heavy atom. The Bertz CT molecular complexity index is 54.4. The van der Waals surface area contributed by atoms with E-state index in [2.05, 4.69) is 7.05 Å². The first-order chi connectivity index (χ1) is 4.85. The van der Waals surface area contributed by atoms with Crippen molar-refractivity contribution in [1.29, 1.82) is 0 Å². The molecule has 0 aromatic carbocycles. The van der Waals surface area contributed by atoms with E-state index < -0.39 is 0 Å². The lowest BCUT2D eigenvalue weighted by Gasteiger charge is -2.15. The minimum Gasteiger partial charge on any atom is -0.475 e. The lowest BCUT2D eigenvalue weighted by molar-refractivity contribution is -0.612. The van der Waals surface area contributed by atoms with Gasteiger partial charge in [0.2, 0.25) is 6.29 Å². The summed E-state index contributed by atoms with van der Waals surface area (Å²) in [6.45, 7) is 6.06. The molecule has 0 unspecified atom stereocenters. The van der Waals surface area contributed by atoms with Gasteiger partial charge in [0, 0.05) is 13.2 Å². The summed E-state index contributed by atoms with van der Waals surface area (Å²) in [5.41, 5.74) is 0. The molecule has 0 radical (unpaired) electrons. The topological polar surface area (TPSA) is 35.1 Å². The summed E-state index contributed by atoms with van der Waals surface area (Å²) in [4.78, 5) is 0. The number of hydrogen-bond acceptors (Lipinski definition) is 2. The van der Waals surface area contributed by atoms with Crippen LogP contribution in [0.25, 0.3) is 0 Å². The second kappa shape index (κ2) is 6.99. The number of quaternary nitrogens is 1. The second-order valence-electron chi connectivity index (χ2n) is 1.86. The third-order valence-corrected chi connectivity index (χ3v) is 1.06. The Balaban J connectivity index is 3.30. The van der Waals surface area contributed by atoms with Crippen LogP contribution in [0.5, 0.6) is 0 Å². The van der Waals surface area contributed by atoms with Crippen molar-refractivity contribution < 1.29 is 14.8 Å². The van der Waals surface area contributed by atoms with Crippen LogP contribution in [0.3, 0.4) is 0 Å². The predicted molar refractivity (Wildman–Crippen MR) is 39.2 cm³/mol. The Morgan fingerprint density at radius 2 is 1.80 bits per heavy atom. The van der Waals surface area contributed by atoms with Crippen LogP contribution < -0.4 is 5.32 Å². The first-order valence-corrected chi connectivity index (χ1v) is 3.69. The molecule has 0 atom stereocenters. The molecule has 0 saturated heterocycles. The molecular formula is C7H17NO2. The molecular weight excluding hydrogens is 130 g/mol. The van der Waals surface area contributed by atoms with Gasteiger partial charge in [0.05, 0.1) is 0 Å². The van der Waals surface area contributed by atoms with Crippen LogP contribution in [0, 0.1) is 7.05 Å². The lowest BCUT2D eigenvalue weighted by atomic mass is 10.6. The Hall–Kier alpha value is -0.120. The average Bonchev–Trinajstić information content (AvgIpc) is 1.90. The van der Waals surface area contributed by atoms with Crippen LogP contribution in [-0.4, -0.2) is 26.0 Å². The van der Waals surface area contributed by atoms with Crippen LogP contribution in [-0.2, 0) is 9.47 Å². The number of hydrogen-bond donors (Lipinski definition) is 1. The van der Waals surface area contributed by atoms with Crippen molar-refractivity contribution >= 4 is 0 Å².